The minimum Gasteiger partial charge on any atom is -0.331 e. The Morgan fingerprint density at radius 1 is 1.21 bits per heavy atom. The van der Waals surface area contributed by atoms with Gasteiger partial charge in [0.05, 0.1) is 21.9 Å². The highest BCUT2D eigenvalue weighted by Gasteiger charge is 2.30. The summed E-state index contributed by atoms with van der Waals surface area (Å²) in [7, 11) is -3.61. The van der Waals surface area contributed by atoms with Crippen molar-refractivity contribution in [3.63, 3.8) is 0 Å². The molecule has 0 saturated heterocycles. The van der Waals surface area contributed by atoms with E-state index in [2.05, 4.69) is 14.7 Å². The average Bonchev–Trinajstić information content (AvgIpc) is 3.11. The number of thiazole rings is 1. The van der Waals surface area contributed by atoms with Gasteiger partial charge in [-0.25, -0.2) is 13.4 Å². The number of nitrogens with zero attached hydrogens (tertiary/aromatic N) is 3. The molecule has 4 rings (SSSR count). The van der Waals surface area contributed by atoms with E-state index in [1.165, 1.54) is 13.0 Å². The first-order chi connectivity index (χ1) is 13.8. The van der Waals surface area contributed by atoms with Crippen molar-refractivity contribution in [1.29, 1.82) is 0 Å². The number of carbonyl (C=O) groups excluding carboxylic acids is 2. The van der Waals surface area contributed by atoms with Crippen LogP contribution in [0.1, 0.15) is 16.6 Å². The number of allylic oxidation sites excluding steroid dienone is 2. The Morgan fingerprint density at radius 2 is 1.97 bits per heavy atom. The average molecular weight is 428 g/mol. The molecule has 3 heterocycles. The van der Waals surface area contributed by atoms with Gasteiger partial charge in [-0.2, -0.15) is 0 Å². The third kappa shape index (κ3) is 3.89. The fourth-order valence-corrected chi connectivity index (χ4v) is 4.83. The van der Waals surface area contributed by atoms with Gasteiger partial charge >= 0.3 is 0 Å². The molecule has 1 aromatic carbocycles. The van der Waals surface area contributed by atoms with Gasteiger partial charge in [-0.1, -0.05) is 41.7 Å². The third-order valence-corrected chi connectivity index (χ3v) is 6.54. The van der Waals surface area contributed by atoms with Crippen LogP contribution in [0.5, 0.6) is 0 Å². The monoisotopic (exact) mass is 428 g/mol. The highest BCUT2D eigenvalue weighted by Crippen LogP contribution is 2.32. The summed E-state index contributed by atoms with van der Waals surface area (Å²) < 4.78 is 27.5. The number of sulfonamides is 1. The lowest BCUT2D eigenvalue weighted by Gasteiger charge is -2.28. The van der Waals surface area contributed by atoms with Gasteiger partial charge in [0.15, 0.2) is 16.8 Å². The number of amidine groups is 1. The Kier molecular flexibility index (Phi) is 4.89. The highest BCUT2D eigenvalue weighted by molar-refractivity contribution is 7.90. The molecule has 10 heteroatoms. The quantitative estimate of drug-likeness (QED) is 0.750. The molecule has 1 amide bonds. The van der Waals surface area contributed by atoms with Gasteiger partial charge in [-0.3, -0.25) is 14.9 Å². The van der Waals surface area contributed by atoms with Gasteiger partial charge in [0.25, 0.3) is 15.9 Å². The number of Topliss-reactive ketones (excluding diaryl/α,β-unsaturated/α-hetero) is 1. The molecule has 2 aliphatic rings. The smallest absolute Gasteiger partial charge is 0.261 e. The topological polar surface area (TPSA) is 109 Å². The van der Waals surface area contributed by atoms with Crippen molar-refractivity contribution in [3.05, 3.63) is 59.1 Å². The minimum atomic E-state index is -3.61. The van der Waals surface area contributed by atoms with Crippen molar-refractivity contribution >= 4 is 44.0 Å². The Labute approximate surface area is 171 Å². The van der Waals surface area contributed by atoms with Crippen LogP contribution in [0.2, 0.25) is 0 Å². The van der Waals surface area contributed by atoms with Crippen LogP contribution < -0.4 is 5.32 Å². The van der Waals surface area contributed by atoms with Crippen LogP contribution in [0.25, 0.3) is 11.3 Å². The van der Waals surface area contributed by atoms with Crippen LogP contribution in [-0.4, -0.2) is 48.1 Å². The number of anilines is 1. The predicted octanol–water partition coefficient (Wildman–Crippen LogP) is 2.45. The molecule has 0 unspecified atom stereocenters. The van der Waals surface area contributed by atoms with E-state index in [-0.39, 0.29) is 34.6 Å². The zero-order valence-electron chi connectivity index (χ0n) is 15.3. The summed E-state index contributed by atoms with van der Waals surface area (Å²) in [5.74, 6) is -0.720. The van der Waals surface area contributed by atoms with E-state index in [0.29, 0.717) is 10.6 Å². The van der Waals surface area contributed by atoms with Crippen molar-refractivity contribution in [2.75, 3.05) is 17.6 Å². The summed E-state index contributed by atoms with van der Waals surface area (Å²) in [6.07, 6.45) is 4.84. The molecule has 8 nitrogen and oxygen atoms in total. The summed E-state index contributed by atoms with van der Waals surface area (Å²) >= 11 is 1.07. The number of carbonyl (C=O) groups is 2. The molecule has 1 N–H and O–H groups in total. The third-order valence-electron chi connectivity index (χ3n) is 4.32. The van der Waals surface area contributed by atoms with Crippen LogP contribution in [0.15, 0.2) is 58.7 Å². The first-order valence-corrected chi connectivity index (χ1v) is 11.1. The van der Waals surface area contributed by atoms with Gasteiger partial charge in [-0.05, 0) is 12.2 Å². The maximum absolute atomic E-state index is 12.8. The molecule has 29 heavy (non-hydrogen) atoms. The van der Waals surface area contributed by atoms with E-state index < -0.39 is 15.9 Å². The molecular weight excluding hydrogens is 412 g/mol. The summed E-state index contributed by atoms with van der Waals surface area (Å²) in [6, 6.07) is 9.21. The molecule has 0 fully saturated rings. The zero-order valence-corrected chi connectivity index (χ0v) is 17.0. The largest absolute Gasteiger partial charge is 0.331 e. The second-order valence-corrected chi connectivity index (χ2v) is 9.14. The van der Waals surface area contributed by atoms with Crippen LogP contribution in [0.4, 0.5) is 5.13 Å². The van der Waals surface area contributed by atoms with Crippen molar-refractivity contribution in [2.45, 2.75) is 6.92 Å². The molecule has 0 saturated carbocycles. The van der Waals surface area contributed by atoms with Crippen LogP contribution in [0.3, 0.4) is 0 Å². The van der Waals surface area contributed by atoms with E-state index in [1.807, 2.05) is 30.3 Å². The molecule has 0 radical (unpaired) electrons. The normalized spacial score (nSPS) is 17.2. The van der Waals surface area contributed by atoms with E-state index in [4.69, 9.17) is 0 Å². The predicted molar refractivity (Wildman–Crippen MR) is 111 cm³/mol. The fraction of sp³-hybridized carbons (Fsp3) is 0.158. The van der Waals surface area contributed by atoms with Crippen LogP contribution in [-0.2, 0) is 14.8 Å². The summed E-state index contributed by atoms with van der Waals surface area (Å²) in [6.45, 7) is 1.67. The molecule has 0 spiro atoms. The van der Waals surface area contributed by atoms with E-state index >= 15 is 0 Å². The maximum Gasteiger partial charge on any atom is 0.261 e. The molecule has 148 valence electrons. The first kappa shape index (κ1) is 19.2. The Bertz CT molecular complexity index is 1190. The number of hydrogen-bond acceptors (Lipinski definition) is 7. The standard InChI is InChI=1S/C19H16N4O4S2/c1-12(24)16-15(13-6-3-2-4-7-13)20-19(28-16)21-18(25)14-8-5-9-23-10-11-29(26,27)22-17(14)23/h2-9H,10-11H2,1H3,(H,20,21,25). The number of hydrogen-bond donors (Lipinski definition) is 1. The lowest BCUT2D eigenvalue weighted by atomic mass is 10.1. The van der Waals surface area contributed by atoms with Crippen LogP contribution >= 0.6 is 11.3 Å². The molecule has 1 aromatic heterocycles. The minimum absolute atomic E-state index is 0.0860. The van der Waals surface area contributed by atoms with E-state index in [0.717, 1.165) is 16.9 Å². The van der Waals surface area contributed by atoms with E-state index in [1.54, 1.807) is 17.2 Å². The Hall–Kier alpha value is -3.11. The summed E-state index contributed by atoms with van der Waals surface area (Å²) in [4.78, 5) is 31.3. The molecule has 2 aliphatic heterocycles. The number of benzene rings is 1. The second kappa shape index (κ2) is 7.37. The van der Waals surface area contributed by atoms with Crippen LogP contribution in [0, 0.1) is 0 Å². The summed E-state index contributed by atoms with van der Waals surface area (Å²) in [5, 5.41) is 2.92. The van der Waals surface area contributed by atoms with Gasteiger partial charge in [0.1, 0.15) is 0 Å². The number of rotatable bonds is 4. The maximum atomic E-state index is 12.8. The second-order valence-electron chi connectivity index (χ2n) is 6.39. The number of amides is 1. The SMILES string of the molecule is CC(=O)c1sc(NC(=O)C2=CC=CN3CCS(=O)(=O)N=C23)nc1-c1ccccc1. The van der Waals surface area contributed by atoms with Gasteiger partial charge in [0, 0.05) is 25.2 Å². The van der Waals surface area contributed by atoms with Gasteiger partial charge in [0.2, 0.25) is 0 Å². The van der Waals surface area contributed by atoms with Crippen molar-refractivity contribution in [3.8, 4) is 11.3 Å². The fourth-order valence-electron chi connectivity index (χ4n) is 2.96. The number of aromatic nitrogens is 1. The van der Waals surface area contributed by atoms with Crippen molar-refractivity contribution in [2.24, 2.45) is 4.40 Å². The lowest BCUT2D eigenvalue weighted by Crippen LogP contribution is -2.40. The molecule has 2 aromatic rings. The number of ketones is 1. The Balaban J connectivity index is 1.65. The summed E-state index contributed by atoms with van der Waals surface area (Å²) in [5.41, 5.74) is 1.38. The molecule has 0 aliphatic carbocycles. The lowest BCUT2D eigenvalue weighted by molar-refractivity contribution is -0.112. The number of nitrogens with one attached hydrogen (secondary N) is 1. The van der Waals surface area contributed by atoms with Crippen molar-refractivity contribution in [1.82, 2.24) is 9.88 Å². The van der Waals surface area contributed by atoms with Gasteiger partial charge < -0.3 is 4.90 Å². The molecule has 0 bridgehead atoms. The van der Waals surface area contributed by atoms with E-state index in [9.17, 15) is 18.0 Å². The Morgan fingerprint density at radius 3 is 2.69 bits per heavy atom. The highest BCUT2D eigenvalue weighted by atomic mass is 32.2. The zero-order chi connectivity index (χ0) is 20.6. The molecular formula is C19H16N4O4S2. The number of fused-ring (bicyclic) bond motifs is 1. The van der Waals surface area contributed by atoms with Crippen molar-refractivity contribution < 1.29 is 18.0 Å². The van der Waals surface area contributed by atoms with Gasteiger partial charge in [-0.15, -0.1) is 4.40 Å². The first-order valence-electron chi connectivity index (χ1n) is 8.71. The molecule has 0 atom stereocenters.